The van der Waals surface area contributed by atoms with Gasteiger partial charge in [-0.15, -0.1) is 0 Å². The molecule has 1 amide bonds. The van der Waals surface area contributed by atoms with E-state index in [2.05, 4.69) is 15.9 Å². The summed E-state index contributed by atoms with van der Waals surface area (Å²) in [7, 11) is 0. The molecule has 0 aliphatic heterocycles. The Morgan fingerprint density at radius 2 is 1.84 bits per heavy atom. The van der Waals surface area contributed by atoms with Gasteiger partial charge in [-0.1, -0.05) is 48.0 Å². The van der Waals surface area contributed by atoms with Crippen molar-refractivity contribution < 1.29 is 4.79 Å². The highest BCUT2D eigenvalue weighted by Crippen LogP contribution is 2.20. The number of carbonyl (C=O) groups is 1. The van der Waals surface area contributed by atoms with Crippen LogP contribution in [0.1, 0.15) is 33.3 Å². The Morgan fingerprint density at radius 1 is 1.26 bits per heavy atom. The minimum atomic E-state index is -0.440. The summed E-state index contributed by atoms with van der Waals surface area (Å²) >= 11 is 3.52. The van der Waals surface area contributed by atoms with Crippen molar-refractivity contribution >= 4 is 21.8 Å². The quantitative estimate of drug-likeness (QED) is 0.903. The van der Waals surface area contributed by atoms with Crippen LogP contribution in [0.15, 0.2) is 28.7 Å². The molecule has 1 rings (SSSR count). The zero-order chi connectivity index (χ0) is 14.6. The van der Waals surface area contributed by atoms with Crippen LogP contribution in [-0.4, -0.2) is 22.9 Å². The highest BCUT2D eigenvalue weighted by atomic mass is 79.9. The maximum atomic E-state index is 12.4. The number of nitrogens with two attached hydrogens (primary N) is 1. The molecule has 1 atom stereocenters. The lowest BCUT2D eigenvalue weighted by Crippen LogP contribution is -2.48. The molecular formula is C15H23BrN2O. The Bertz CT molecular complexity index is 432. The van der Waals surface area contributed by atoms with E-state index >= 15 is 0 Å². The van der Waals surface area contributed by atoms with Gasteiger partial charge in [0.25, 0.3) is 0 Å². The summed E-state index contributed by atoms with van der Waals surface area (Å²) in [5.41, 5.74) is 7.09. The van der Waals surface area contributed by atoms with E-state index < -0.39 is 6.04 Å². The van der Waals surface area contributed by atoms with E-state index in [0.29, 0.717) is 6.54 Å². The van der Waals surface area contributed by atoms with E-state index in [-0.39, 0.29) is 17.9 Å². The maximum absolute atomic E-state index is 12.4. The molecular weight excluding hydrogens is 304 g/mol. The molecule has 0 aromatic heterocycles. The molecule has 1 aromatic carbocycles. The summed E-state index contributed by atoms with van der Waals surface area (Å²) in [6.45, 7) is 8.56. The van der Waals surface area contributed by atoms with E-state index in [9.17, 15) is 4.79 Å². The number of benzene rings is 1. The van der Waals surface area contributed by atoms with E-state index in [1.54, 1.807) is 0 Å². The summed E-state index contributed by atoms with van der Waals surface area (Å²) in [5.74, 6) is 0.161. The second-order valence-corrected chi connectivity index (χ2v) is 6.28. The predicted octanol–water partition coefficient (Wildman–Crippen LogP) is 3.17. The number of halogens is 1. The Kier molecular flexibility index (Phi) is 6.01. The second-order valence-electron chi connectivity index (χ2n) is 5.42. The Morgan fingerprint density at radius 3 is 2.32 bits per heavy atom. The Hall–Kier alpha value is -0.870. The maximum Gasteiger partial charge on any atom is 0.240 e. The lowest BCUT2D eigenvalue weighted by Gasteiger charge is -2.31. The summed E-state index contributed by atoms with van der Waals surface area (Å²) in [6.07, 6.45) is 0. The van der Waals surface area contributed by atoms with Gasteiger partial charge >= 0.3 is 0 Å². The second kappa shape index (κ2) is 7.06. The number of nitrogens with zero attached hydrogens (tertiary/aromatic N) is 1. The highest BCUT2D eigenvalue weighted by molar-refractivity contribution is 9.10. The molecule has 0 spiro atoms. The van der Waals surface area contributed by atoms with Crippen molar-refractivity contribution in [1.82, 2.24) is 4.90 Å². The van der Waals surface area contributed by atoms with Crippen LogP contribution in [0.4, 0.5) is 0 Å². The highest BCUT2D eigenvalue weighted by Gasteiger charge is 2.25. The van der Waals surface area contributed by atoms with Gasteiger partial charge in [-0.25, -0.2) is 0 Å². The molecule has 19 heavy (non-hydrogen) atoms. The Balaban J connectivity index is 2.91. The van der Waals surface area contributed by atoms with Crippen LogP contribution in [0.5, 0.6) is 0 Å². The van der Waals surface area contributed by atoms with E-state index in [4.69, 9.17) is 5.73 Å². The minimum Gasteiger partial charge on any atom is -0.335 e. The molecule has 0 saturated heterocycles. The van der Waals surface area contributed by atoms with Gasteiger partial charge in [-0.3, -0.25) is 4.79 Å². The molecule has 0 saturated carbocycles. The monoisotopic (exact) mass is 326 g/mol. The average molecular weight is 327 g/mol. The standard InChI is InChI=1S/C15H23BrN2O/c1-10(2)14(17)15(19)18(11(3)4)9-12-7-5-6-8-13(12)16/h5-8,10-11,14H,9,17H2,1-4H3. The number of rotatable bonds is 5. The first-order chi connectivity index (χ1) is 8.84. The normalized spacial score (nSPS) is 12.8. The van der Waals surface area contributed by atoms with Gasteiger partial charge in [-0.2, -0.15) is 0 Å². The van der Waals surface area contributed by atoms with Gasteiger partial charge in [0.05, 0.1) is 6.04 Å². The average Bonchev–Trinajstić information content (AvgIpc) is 2.35. The molecule has 0 bridgehead atoms. The minimum absolute atomic E-state index is 0.0146. The molecule has 4 heteroatoms. The van der Waals surface area contributed by atoms with Crippen molar-refractivity contribution in [1.29, 1.82) is 0 Å². The SMILES string of the molecule is CC(C)C(N)C(=O)N(Cc1ccccc1Br)C(C)C. The van der Waals surface area contributed by atoms with Gasteiger partial charge in [0.1, 0.15) is 0 Å². The van der Waals surface area contributed by atoms with E-state index in [0.717, 1.165) is 10.0 Å². The van der Waals surface area contributed by atoms with Gasteiger partial charge in [0.15, 0.2) is 0 Å². The van der Waals surface area contributed by atoms with Crippen molar-refractivity contribution in [2.75, 3.05) is 0 Å². The zero-order valence-electron chi connectivity index (χ0n) is 12.1. The fourth-order valence-corrected chi connectivity index (χ4v) is 2.21. The Labute approximate surface area is 124 Å². The number of hydrogen-bond acceptors (Lipinski definition) is 2. The van der Waals surface area contributed by atoms with Crippen LogP contribution in [0.3, 0.4) is 0 Å². The van der Waals surface area contributed by atoms with Gasteiger partial charge < -0.3 is 10.6 Å². The largest absolute Gasteiger partial charge is 0.335 e. The molecule has 3 nitrogen and oxygen atoms in total. The molecule has 2 N–H and O–H groups in total. The van der Waals surface area contributed by atoms with Crippen LogP contribution in [-0.2, 0) is 11.3 Å². The molecule has 0 aliphatic rings. The van der Waals surface area contributed by atoms with Crippen molar-refractivity contribution in [3.8, 4) is 0 Å². The number of amides is 1. The molecule has 1 aromatic rings. The molecule has 0 fully saturated rings. The predicted molar refractivity (Wildman–Crippen MR) is 82.6 cm³/mol. The third-order valence-electron chi connectivity index (χ3n) is 3.21. The molecule has 0 heterocycles. The van der Waals surface area contributed by atoms with Crippen molar-refractivity contribution in [3.05, 3.63) is 34.3 Å². The van der Waals surface area contributed by atoms with Gasteiger partial charge in [0, 0.05) is 17.1 Å². The van der Waals surface area contributed by atoms with Gasteiger partial charge in [0.2, 0.25) is 5.91 Å². The van der Waals surface area contributed by atoms with Crippen LogP contribution < -0.4 is 5.73 Å². The fourth-order valence-electron chi connectivity index (χ4n) is 1.80. The molecule has 0 radical (unpaired) electrons. The summed E-state index contributed by atoms with van der Waals surface area (Å²) in [6, 6.07) is 7.64. The molecule has 1 unspecified atom stereocenters. The van der Waals surface area contributed by atoms with Crippen molar-refractivity contribution in [3.63, 3.8) is 0 Å². The number of hydrogen-bond donors (Lipinski definition) is 1. The lowest BCUT2D eigenvalue weighted by atomic mass is 10.0. The van der Waals surface area contributed by atoms with Crippen molar-refractivity contribution in [2.45, 2.75) is 46.3 Å². The van der Waals surface area contributed by atoms with Crippen LogP contribution >= 0.6 is 15.9 Å². The number of carbonyl (C=O) groups excluding carboxylic acids is 1. The summed E-state index contributed by atoms with van der Waals surface area (Å²) < 4.78 is 1.02. The topological polar surface area (TPSA) is 46.3 Å². The fraction of sp³-hybridized carbons (Fsp3) is 0.533. The first kappa shape index (κ1) is 16.2. The summed E-state index contributed by atoms with van der Waals surface area (Å²) in [5, 5.41) is 0. The smallest absolute Gasteiger partial charge is 0.240 e. The van der Waals surface area contributed by atoms with E-state index in [1.165, 1.54) is 0 Å². The van der Waals surface area contributed by atoms with Gasteiger partial charge in [-0.05, 0) is 31.4 Å². The first-order valence-electron chi connectivity index (χ1n) is 6.64. The summed E-state index contributed by atoms with van der Waals surface area (Å²) in [4.78, 5) is 14.3. The molecule has 106 valence electrons. The third-order valence-corrected chi connectivity index (χ3v) is 3.98. The van der Waals surface area contributed by atoms with Crippen LogP contribution in [0.2, 0.25) is 0 Å². The van der Waals surface area contributed by atoms with Crippen molar-refractivity contribution in [2.24, 2.45) is 11.7 Å². The first-order valence-corrected chi connectivity index (χ1v) is 7.43. The third kappa shape index (κ3) is 4.32. The zero-order valence-corrected chi connectivity index (χ0v) is 13.6. The molecule has 0 aliphatic carbocycles. The lowest BCUT2D eigenvalue weighted by molar-refractivity contribution is -0.136. The van der Waals surface area contributed by atoms with Crippen LogP contribution in [0, 0.1) is 5.92 Å². The van der Waals surface area contributed by atoms with E-state index in [1.807, 2.05) is 56.9 Å². The van der Waals surface area contributed by atoms with Crippen LogP contribution in [0.25, 0.3) is 0 Å².